The van der Waals surface area contributed by atoms with Crippen LogP contribution >= 0.6 is 11.5 Å². The zero-order valence-corrected chi connectivity index (χ0v) is 19.8. The molecule has 34 heavy (non-hydrogen) atoms. The van der Waals surface area contributed by atoms with E-state index in [2.05, 4.69) is 40.8 Å². The summed E-state index contributed by atoms with van der Waals surface area (Å²) >= 11 is 1.38. The Bertz CT molecular complexity index is 1470. The molecule has 172 valence electrons. The molecule has 0 unspecified atom stereocenters. The number of hydrogen-bond acceptors (Lipinski definition) is 5. The highest BCUT2D eigenvalue weighted by Gasteiger charge is 2.22. The Morgan fingerprint density at radius 1 is 1.06 bits per heavy atom. The minimum absolute atomic E-state index is 0.0237. The van der Waals surface area contributed by atoms with Crippen molar-refractivity contribution in [3.63, 3.8) is 0 Å². The predicted molar refractivity (Wildman–Crippen MR) is 136 cm³/mol. The maximum atomic E-state index is 13.1. The topological polar surface area (TPSA) is 107 Å². The summed E-state index contributed by atoms with van der Waals surface area (Å²) in [6.07, 6.45) is 2.38. The number of allylic oxidation sites excluding steroid dienone is 1. The maximum absolute atomic E-state index is 13.1. The van der Waals surface area contributed by atoms with Gasteiger partial charge in [0, 0.05) is 33.5 Å². The Labute approximate surface area is 200 Å². The number of carbonyl (C=O) groups excluding carboxylic acids is 2. The largest absolute Gasteiger partial charge is 0.508 e. The van der Waals surface area contributed by atoms with Crippen molar-refractivity contribution in [3.8, 4) is 5.75 Å². The number of rotatable bonds is 4. The van der Waals surface area contributed by atoms with Crippen molar-refractivity contribution in [2.75, 3.05) is 10.6 Å². The molecule has 8 heteroatoms. The average molecular weight is 473 g/mol. The molecule has 0 fully saturated rings. The summed E-state index contributed by atoms with van der Waals surface area (Å²) in [5.74, 6) is 0.594. The highest BCUT2D eigenvalue weighted by molar-refractivity contribution is 7.06. The number of H-pyrrole nitrogens is 1. The number of aromatic hydroxyl groups is 1. The number of Topliss-reactive ketones (excluding diaryl/α,β-unsaturated/α-hetero) is 1. The van der Waals surface area contributed by atoms with Gasteiger partial charge in [0.1, 0.15) is 11.6 Å². The number of urea groups is 1. The van der Waals surface area contributed by atoms with Gasteiger partial charge >= 0.3 is 6.03 Å². The van der Waals surface area contributed by atoms with Crippen LogP contribution in [0.25, 0.3) is 17.0 Å². The van der Waals surface area contributed by atoms with E-state index in [1.54, 1.807) is 24.3 Å². The first kappa shape index (κ1) is 21.9. The van der Waals surface area contributed by atoms with Gasteiger partial charge in [-0.2, -0.15) is 4.37 Å². The van der Waals surface area contributed by atoms with Gasteiger partial charge in [0.05, 0.1) is 5.69 Å². The molecule has 2 aromatic heterocycles. The zero-order chi connectivity index (χ0) is 24.0. The SMILES string of the molecule is CC(C)(C)c1cc(NC(=O)Nc2ccc3c(c2)C=C(C(=O)c2cc4cc(O)ccc4[nH]2)C3)ns1. The van der Waals surface area contributed by atoms with E-state index in [9.17, 15) is 14.7 Å². The summed E-state index contributed by atoms with van der Waals surface area (Å²) in [5, 5.41) is 16.1. The zero-order valence-electron chi connectivity index (χ0n) is 19.0. The third kappa shape index (κ3) is 4.32. The van der Waals surface area contributed by atoms with Gasteiger partial charge < -0.3 is 15.4 Å². The van der Waals surface area contributed by atoms with E-state index in [-0.39, 0.29) is 23.0 Å². The van der Waals surface area contributed by atoms with E-state index in [0.717, 1.165) is 26.9 Å². The number of ketones is 1. The number of phenolic OH excluding ortho intramolecular Hbond substituents is 1. The third-order valence-corrected chi connectivity index (χ3v) is 6.96. The average Bonchev–Trinajstić information content (AvgIpc) is 3.49. The van der Waals surface area contributed by atoms with E-state index >= 15 is 0 Å². The summed E-state index contributed by atoms with van der Waals surface area (Å²) in [6, 6.07) is 13.8. The number of aromatic amines is 1. The number of anilines is 2. The minimum atomic E-state index is -0.370. The fraction of sp³-hybridized carbons (Fsp3) is 0.192. The van der Waals surface area contributed by atoms with Crippen LogP contribution in [0.15, 0.2) is 54.1 Å². The first-order valence-corrected chi connectivity index (χ1v) is 11.7. The van der Waals surface area contributed by atoms with Crippen LogP contribution in [-0.4, -0.2) is 26.3 Å². The van der Waals surface area contributed by atoms with E-state index in [1.165, 1.54) is 11.5 Å². The van der Waals surface area contributed by atoms with E-state index in [0.29, 0.717) is 29.2 Å². The molecule has 0 saturated heterocycles. The molecule has 0 atom stereocenters. The third-order valence-electron chi connectivity index (χ3n) is 5.75. The van der Waals surface area contributed by atoms with Crippen LogP contribution in [-0.2, 0) is 11.8 Å². The maximum Gasteiger partial charge on any atom is 0.324 e. The van der Waals surface area contributed by atoms with E-state index in [1.807, 2.05) is 30.3 Å². The standard InChI is InChI=1S/C26H24N4O3S/c1-26(2,3)22-13-23(30-34-22)29-25(33)27-18-5-4-14-8-17(9-15(14)10-18)24(32)21-12-16-11-19(31)6-7-20(16)28-21/h4-7,9-13,28,31H,8H2,1-3H3,(H2,27,29,30,33). The summed E-state index contributed by atoms with van der Waals surface area (Å²) in [4.78, 5) is 29.7. The Hall–Kier alpha value is -3.91. The van der Waals surface area contributed by atoms with Gasteiger partial charge in [-0.25, -0.2) is 4.79 Å². The van der Waals surface area contributed by atoms with Gasteiger partial charge in [-0.1, -0.05) is 26.8 Å². The number of phenols is 1. The molecule has 4 N–H and O–H groups in total. The van der Waals surface area contributed by atoms with Gasteiger partial charge in [0.15, 0.2) is 0 Å². The first-order chi connectivity index (χ1) is 16.2. The molecular formula is C26H24N4O3S. The van der Waals surface area contributed by atoms with Crippen molar-refractivity contribution in [1.29, 1.82) is 0 Å². The van der Waals surface area contributed by atoms with Crippen LogP contribution in [0.1, 0.15) is 47.3 Å². The number of amides is 2. The lowest BCUT2D eigenvalue weighted by Gasteiger charge is -2.14. The molecular weight excluding hydrogens is 448 g/mol. The molecule has 4 aromatic rings. The summed E-state index contributed by atoms with van der Waals surface area (Å²) in [6.45, 7) is 6.30. The Morgan fingerprint density at radius 2 is 1.88 bits per heavy atom. The molecule has 1 aliphatic carbocycles. The molecule has 0 spiro atoms. The second kappa shape index (κ2) is 8.14. The molecule has 0 radical (unpaired) electrons. The highest BCUT2D eigenvalue weighted by Crippen LogP contribution is 2.31. The van der Waals surface area contributed by atoms with Gasteiger partial charge in [0.25, 0.3) is 0 Å². The fourth-order valence-electron chi connectivity index (χ4n) is 3.94. The van der Waals surface area contributed by atoms with Crippen LogP contribution in [0, 0.1) is 0 Å². The highest BCUT2D eigenvalue weighted by atomic mass is 32.1. The fourth-order valence-corrected chi connectivity index (χ4v) is 4.67. The van der Waals surface area contributed by atoms with Gasteiger partial charge in [0.2, 0.25) is 5.78 Å². The molecule has 2 amide bonds. The number of aromatic nitrogens is 2. The number of hydrogen-bond donors (Lipinski definition) is 4. The smallest absolute Gasteiger partial charge is 0.324 e. The van der Waals surface area contributed by atoms with Gasteiger partial charge in [-0.15, -0.1) is 0 Å². The van der Waals surface area contributed by atoms with Crippen molar-refractivity contribution < 1.29 is 14.7 Å². The molecule has 1 aliphatic rings. The summed E-state index contributed by atoms with van der Waals surface area (Å²) in [7, 11) is 0. The van der Waals surface area contributed by atoms with E-state index in [4.69, 9.17) is 0 Å². The first-order valence-electron chi connectivity index (χ1n) is 10.9. The van der Waals surface area contributed by atoms with Crippen molar-refractivity contribution in [2.24, 2.45) is 0 Å². The Kier molecular flexibility index (Phi) is 5.25. The second-order valence-electron chi connectivity index (χ2n) is 9.45. The van der Waals surface area contributed by atoms with Crippen LogP contribution in [0.3, 0.4) is 0 Å². The quantitative estimate of drug-likeness (QED) is 0.269. The molecule has 7 nitrogen and oxygen atoms in total. The van der Waals surface area contributed by atoms with Crippen LogP contribution in [0.4, 0.5) is 16.3 Å². The van der Waals surface area contributed by atoms with Crippen LogP contribution < -0.4 is 10.6 Å². The van der Waals surface area contributed by atoms with Crippen molar-refractivity contribution in [1.82, 2.24) is 9.36 Å². The van der Waals surface area contributed by atoms with E-state index < -0.39 is 0 Å². The second-order valence-corrected chi connectivity index (χ2v) is 10.3. The van der Waals surface area contributed by atoms with Crippen molar-refractivity contribution >= 4 is 51.8 Å². The predicted octanol–water partition coefficient (Wildman–Crippen LogP) is 6.09. The minimum Gasteiger partial charge on any atom is -0.508 e. The number of benzene rings is 2. The Balaban J connectivity index is 1.29. The van der Waals surface area contributed by atoms with Gasteiger partial charge in [-0.3, -0.25) is 10.1 Å². The molecule has 0 aliphatic heterocycles. The number of carbonyl (C=O) groups is 2. The lowest BCUT2D eigenvalue weighted by molar-refractivity contribution is 0.103. The lowest BCUT2D eigenvalue weighted by atomic mass is 9.95. The normalized spacial score (nSPS) is 13.0. The number of nitrogens with zero attached hydrogens (tertiary/aromatic N) is 1. The van der Waals surface area contributed by atoms with Crippen LogP contribution in [0.5, 0.6) is 5.75 Å². The number of nitrogens with one attached hydrogen (secondary N) is 3. The molecule has 0 bridgehead atoms. The summed E-state index contributed by atoms with van der Waals surface area (Å²) in [5.41, 5.74) is 4.48. The molecule has 0 saturated carbocycles. The Morgan fingerprint density at radius 3 is 2.65 bits per heavy atom. The van der Waals surface area contributed by atoms with Crippen molar-refractivity contribution in [2.45, 2.75) is 32.6 Å². The molecule has 2 aromatic carbocycles. The molecule has 5 rings (SSSR count). The lowest BCUT2D eigenvalue weighted by Crippen LogP contribution is -2.19. The van der Waals surface area contributed by atoms with Crippen LogP contribution in [0.2, 0.25) is 0 Å². The molecule has 2 heterocycles. The monoisotopic (exact) mass is 472 g/mol. The summed E-state index contributed by atoms with van der Waals surface area (Å²) < 4.78 is 4.31. The number of fused-ring (bicyclic) bond motifs is 2. The van der Waals surface area contributed by atoms with Gasteiger partial charge in [-0.05, 0) is 76.6 Å². The van der Waals surface area contributed by atoms with Crippen molar-refractivity contribution in [3.05, 3.63) is 75.8 Å².